The van der Waals surface area contributed by atoms with Gasteiger partial charge >= 0.3 is 0 Å². The van der Waals surface area contributed by atoms with E-state index in [1.807, 2.05) is 0 Å². The van der Waals surface area contributed by atoms with Crippen molar-refractivity contribution in [3.8, 4) is 84.2 Å². The zero-order valence-electron chi connectivity index (χ0n) is 99.5. The van der Waals surface area contributed by atoms with Crippen LogP contribution < -0.4 is 23.4 Å². The minimum absolute atomic E-state index is 0.00260. The van der Waals surface area contributed by atoms with Crippen LogP contribution in [0.4, 0.5) is 0 Å². The molecular formula is C126H157N10+5. The number of fused-ring (bicyclic) bond motifs is 15. The maximum absolute atomic E-state index is 8.99. The lowest BCUT2D eigenvalue weighted by molar-refractivity contribution is -0.745. The van der Waals surface area contributed by atoms with Crippen LogP contribution in [0.1, 0.15) is 304 Å². The molecule has 4 atom stereocenters. The van der Waals surface area contributed by atoms with Crippen LogP contribution in [0.5, 0.6) is 0 Å². The third-order valence-electron chi connectivity index (χ3n) is 34.9. The maximum atomic E-state index is 8.99. The molecule has 0 bridgehead atoms. The second-order valence-corrected chi connectivity index (χ2v) is 43.3. The van der Waals surface area contributed by atoms with E-state index in [-0.39, 0.29) is 65.8 Å². The van der Waals surface area contributed by atoms with Crippen LogP contribution in [0.2, 0.25) is 0 Å². The summed E-state index contributed by atoms with van der Waals surface area (Å²) >= 11 is 0. The molecule has 0 fully saturated rings. The van der Waals surface area contributed by atoms with E-state index in [2.05, 4.69) is 402 Å². The Morgan fingerprint density at radius 2 is 0.610 bits per heavy atom. The van der Waals surface area contributed by atoms with E-state index in [9.17, 15) is 0 Å². The molecule has 0 N–H and O–H groups in total. The highest BCUT2D eigenvalue weighted by Gasteiger charge is 2.59. The van der Waals surface area contributed by atoms with Gasteiger partial charge in [0.25, 0.3) is 0 Å². The van der Waals surface area contributed by atoms with Gasteiger partial charge in [0, 0.05) is 82.2 Å². The third kappa shape index (κ3) is 14.2. The topological polar surface area (TPSA) is 44.0 Å². The van der Waals surface area contributed by atoms with Crippen LogP contribution in [0.15, 0.2) is 237 Å². The zero-order valence-corrected chi connectivity index (χ0v) is 87.5. The lowest BCUT2D eigenvalue weighted by atomic mass is 9.55. The molecular weight excluding hydrogens is 1650 g/mol. The fourth-order valence-electron chi connectivity index (χ4n) is 25.5. The summed E-state index contributed by atoms with van der Waals surface area (Å²) in [5.41, 5.74) is 34.3. The van der Waals surface area contributed by atoms with Gasteiger partial charge in [-0.25, -0.2) is 0 Å². The smallest absolute Gasteiger partial charge is 0.124 e. The predicted molar refractivity (Wildman–Crippen MR) is 567 cm³/mol. The van der Waals surface area contributed by atoms with Gasteiger partial charge in [-0.1, -0.05) is 344 Å². The van der Waals surface area contributed by atoms with Crippen LogP contribution in [-0.2, 0) is 89.4 Å². The fraction of sp³-hybridized carbons (Fsp3) is 0.405. The first-order valence-electron chi connectivity index (χ1n) is 55.5. The summed E-state index contributed by atoms with van der Waals surface area (Å²) in [6.45, 7) is 48.8. The van der Waals surface area contributed by atoms with Crippen LogP contribution in [-0.4, -0.2) is 23.4 Å². The number of hydrogen-bond acceptors (Lipinski definition) is 0. The Hall–Kier alpha value is -11.8. The van der Waals surface area contributed by atoms with Gasteiger partial charge in [-0.05, 0) is 220 Å². The van der Waals surface area contributed by atoms with Crippen molar-refractivity contribution in [1.29, 1.82) is 0 Å². The van der Waals surface area contributed by atoms with Crippen LogP contribution >= 0.6 is 0 Å². The van der Waals surface area contributed by atoms with E-state index in [0.29, 0.717) is 33.5 Å². The quantitative estimate of drug-likeness (QED) is 0.123. The number of benzene rings is 10. The van der Waals surface area contributed by atoms with Crippen LogP contribution in [0, 0.1) is 76.1 Å². The van der Waals surface area contributed by atoms with Crippen molar-refractivity contribution in [2.75, 3.05) is 0 Å². The molecule has 5 aliphatic heterocycles. The number of aromatic nitrogens is 10. The van der Waals surface area contributed by atoms with E-state index in [0.717, 1.165) is 32.1 Å². The first-order chi connectivity index (χ1) is 69.0. The standard InChI is InChI=1S/C31H35N2.C27H35N2.C26H33N2.C24H29N2.C18H25N2/c1-20-17-21(2)19-24(18-20)28-26(23-14-10-9-11-15-23)29-31(6,7)30(4,5)25-16-12-13-22(3)27(25)33(29)32(28)8;1-9-27(10-2)25-21(23-18(3)13-11-14-19(23)4)17-28(8)29(25)24-20(5)15-12-16-22(24)26(27,6)7;1-9-26(7)24-20(22-17(2)12-10-13-18(22)3)16-27(8)28(24)23-19(4)14-11-15-21(23)25(26,5)6;1-7-24(5)22-19(18-13-9-8-10-14-18)16-25(6)26(22)21-17(2)12-11-15-20(21)23(24,3)4;1-7-18(5)15-11-12-19(6)20(15)16-13(2)9-8-10-14(16)17(18,3)4/h9-19H,1-8H3;11-17H,9-10H2,1-8H3;10-16H,9H2,1-8H3;8-16H,7H2,1-6H3;8-12H,7H2,1-6H3/q5*+1/i1D3,4D3,5D3,6D3;;;;. The highest BCUT2D eigenvalue weighted by Crippen LogP contribution is 2.61. The molecule has 10 heteroatoms. The molecule has 15 aromatic rings. The van der Waals surface area contributed by atoms with Crippen molar-refractivity contribution < 1.29 is 39.9 Å². The molecule has 10 heterocycles. The molecule has 5 aliphatic rings. The van der Waals surface area contributed by atoms with Crippen molar-refractivity contribution in [2.24, 2.45) is 35.2 Å². The predicted octanol–water partition coefficient (Wildman–Crippen LogP) is 28.0. The number of hydrogen-bond donors (Lipinski definition) is 0. The van der Waals surface area contributed by atoms with Gasteiger partial charge in [-0.2, -0.15) is 0 Å². The maximum Gasteiger partial charge on any atom is 0.246 e. The molecule has 5 aromatic heterocycles. The van der Waals surface area contributed by atoms with Gasteiger partial charge in [0.2, 0.25) is 24.3 Å². The summed E-state index contributed by atoms with van der Waals surface area (Å²) in [5.74, 6) is 0. The average Bonchev–Trinajstić information content (AvgIpc) is 1.40. The second kappa shape index (κ2) is 34.7. The van der Waals surface area contributed by atoms with Crippen molar-refractivity contribution >= 4 is 0 Å². The second-order valence-electron chi connectivity index (χ2n) is 43.3. The summed E-state index contributed by atoms with van der Waals surface area (Å²) < 4.78 is 127. The van der Waals surface area contributed by atoms with Crippen molar-refractivity contribution in [3.63, 3.8) is 0 Å². The van der Waals surface area contributed by atoms with E-state index in [4.69, 9.17) is 16.4 Å². The fourth-order valence-corrected chi connectivity index (χ4v) is 25.5. The summed E-state index contributed by atoms with van der Waals surface area (Å²) in [5, 5.41) is 0. The SMILES string of the molecule is CCC1(C)c2c(-c3c(C)cccc3C)c[n+](C)n2-c2c(C)cccc2C1(C)C.CCC1(C)c2c(-c3ccccc3)c[n+](C)n2-c2c(C)cccc2C1(C)C.CCC1(C)c2cc[n+](C)n2-c2c(C)cccc2C1(C)C.CCC1(CC)c2c(-c3c(C)cccc3C)c[n+](C)n2-c2c(C)cccc2C1(C)C.[2H]C([2H])([2H])c1cc(C)cc(-c2c(-c3ccccc3)c3n([n+]2C)-c2c(C)cccc2C(C([2H])([2H])[2H])(C([2H])([2H])[2H])C3(C)C([2H])([2H])[2H])c1. The van der Waals surface area contributed by atoms with E-state index in [1.165, 1.54) is 165 Å². The number of para-hydroxylation sites is 5. The van der Waals surface area contributed by atoms with Gasteiger partial charge in [-0.3, -0.25) is 0 Å². The number of aryl methyl sites for hydroxylation is 15. The van der Waals surface area contributed by atoms with Crippen LogP contribution in [0.25, 0.3) is 84.2 Å². The lowest BCUT2D eigenvalue weighted by Crippen LogP contribution is -2.53. The van der Waals surface area contributed by atoms with Gasteiger partial charge in [-0.15, -0.1) is 46.8 Å². The van der Waals surface area contributed by atoms with E-state index in [1.54, 1.807) is 84.9 Å². The van der Waals surface area contributed by atoms with Crippen molar-refractivity contribution in [3.05, 3.63) is 355 Å². The highest BCUT2D eigenvalue weighted by molar-refractivity contribution is 5.85. The Morgan fingerprint density at radius 1 is 0.272 bits per heavy atom. The van der Waals surface area contributed by atoms with Gasteiger partial charge in [0.1, 0.15) is 51.2 Å². The summed E-state index contributed by atoms with van der Waals surface area (Å²) in [4.78, 5) is 0. The molecule has 0 spiro atoms. The van der Waals surface area contributed by atoms with Crippen molar-refractivity contribution in [2.45, 2.75) is 301 Å². The number of nitrogens with zero attached hydrogens (tertiary/aromatic N) is 10. The molecule has 706 valence electrons. The number of rotatable bonds is 10. The minimum atomic E-state index is -3.32. The normalized spacial score (nSPS) is 21.2. The van der Waals surface area contributed by atoms with Crippen LogP contribution in [0.3, 0.4) is 0 Å². The molecule has 136 heavy (non-hydrogen) atoms. The molecule has 0 radical (unpaired) electrons. The third-order valence-corrected chi connectivity index (χ3v) is 34.9. The molecule has 0 aliphatic carbocycles. The molecule has 0 saturated heterocycles. The first kappa shape index (κ1) is 82.5. The zero-order chi connectivity index (χ0) is 109. The Kier molecular flexibility index (Phi) is 21.1. The molecule has 0 amide bonds. The van der Waals surface area contributed by atoms with Gasteiger partial charge in [0.15, 0.2) is 41.4 Å². The van der Waals surface area contributed by atoms with E-state index >= 15 is 0 Å². The molecule has 10 aromatic carbocycles. The largest absolute Gasteiger partial charge is 0.246 e. The monoisotopic (exact) mass is 1820 g/mol. The Balaban J connectivity index is 0.000000135. The summed E-state index contributed by atoms with van der Waals surface area (Å²) in [6, 6.07) is 71.9. The Morgan fingerprint density at radius 3 is 1.01 bits per heavy atom. The van der Waals surface area contributed by atoms with Crippen molar-refractivity contribution in [1.82, 2.24) is 23.4 Å². The molecule has 0 saturated carbocycles. The van der Waals surface area contributed by atoms with Gasteiger partial charge in [0.05, 0.1) is 27.9 Å². The molecule has 4 unspecified atom stereocenters. The molecule has 20 rings (SSSR count). The minimum Gasteiger partial charge on any atom is -0.124 e. The van der Waals surface area contributed by atoms with Gasteiger partial charge < -0.3 is 0 Å². The molecule has 10 nitrogen and oxygen atoms in total. The average molecular weight is 1820 g/mol. The Bertz CT molecular complexity index is 7640. The lowest BCUT2D eigenvalue weighted by Gasteiger charge is -2.50. The summed E-state index contributed by atoms with van der Waals surface area (Å²) in [7, 11) is 10.4. The summed E-state index contributed by atoms with van der Waals surface area (Å²) in [6.07, 6.45) is 14.7. The Labute approximate surface area is 833 Å². The highest BCUT2D eigenvalue weighted by atomic mass is 15.4. The van der Waals surface area contributed by atoms with E-state index < -0.39 is 38.2 Å². The first-order valence-corrected chi connectivity index (χ1v) is 49.5.